The van der Waals surface area contributed by atoms with E-state index in [1.165, 1.54) is 140 Å². The van der Waals surface area contributed by atoms with E-state index >= 15 is 0 Å². The van der Waals surface area contributed by atoms with Gasteiger partial charge in [0.2, 0.25) is 0 Å². The van der Waals surface area contributed by atoms with Gasteiger partial charge in [0.15, 0.2) is 23.3 Å². The molecule has 4 fully saturated rings. The molecular formula is C50H70F4O. The van der Waals surface area contributed by atoms with Crippen LogP contribution in [-0.2, 0) is 4.74 Å². The fourth-order valence-electron chi connectivity index (χ4n) is 11.4. The largest absolute Gasteiger partial charge is 0.373 e. The minimum atomic E-state index is -0.823. The zero-order valence-electron chi connectivity index (χ0n) is 34.1. The number of hydrogen-bond acceptors (Lipinski definition) is 1. The van der Waals surface area contributed by atoms with Gasteiger partial charge in [0, 0.05) is 0 Å². The minimum absolute atomic E-state index is 0.292. The Morgan fingerprint density at radius 2 is 0.836 bits per heavy atom. The molecule has 2 aromatic carbocycles. The SMILES string of the molecule is CCCC[C@H]1CC[C@H]([C@H]2CC[C@H](C(=CCOCC=C(c3ccc(F)c(F)c3)[C@H]3CC[C@H]([C@H]4CC[C@H](CCCC)CC4)CC3)c3ccc(F)c(F)c3)CC2)CC1. The minimum Gasteiger partial charge on any atom is -0.373 e. The second kappa shape index (κ2) is 21.4. The summed E-state index contributed by atoms with van der Waals surface area (Å²) in [5.74, 6) is 2.35. The lowest BCUT2D eigenvalue weighted by Crippen LogP contribution is -2.26. The first-order chi connectivity index (χ1) is 26.8. The molecule has 0 radical (unpaired) electrons. The molecule has 0 N–H and O–H groups in total. The van der Waals surface area contributed by atoms with Gasteiger partial charge in [-0.3, -0.25) is 0 Å². The lowest BCUT2D eigenvalue weighted by Gasteiger charge is -2.38. The van der Waals surface area contributed by atoms with Crippen LogP contribution in [0.1, 0.15) is 166 Å². The van der Waals surface area contributed by atoms with Gasteiger partial charge in [0.1, 0.15) is 0 Å². The van der Waals surface area contributed by atoms with Crippen LogP contribution >= 0.6 is 0 Å². The second-order valence-corrected chi connectivity index (χ2v) is 18.2. The molecule has 1 nitrogen and oxygen atoms in total. The van der Waals surface area contributed by atoms with Gasteiger partial charge in [0.05, 0.1) is 13.2 Å². The van der Waals surface area contributed by atoms with Crippen LogP contribution in [0.25, 0.3) is 11.1 Å². The van der Waals surface area contributed by atoms with Crippen LogP contribution < -0.4 is 0 Å². The van der Waals surface area contributed by atoms with E-state index in [1.54, 1.807) is 12.1 Å². The molecule has 0 amide bonds. The van der Waals surface area contributed by atoms with E-state index in [-0.39, 0.29) is 0 Å². The molecule has 0 aliphatic heterocycles. The standard InChI is InChI=1S/C50H70F4O/c1-3-5-7-35-9-13-37(14-10-35)39-17-21-41(22-18-39)45(43-25-27-47(51)49(53)33-43)29-31-55-32-30-46(44-26-28-48(52)50(54)34-44)42-23-19-40(20-24-42)38-15-11-36(12-16-38)8-6-4-2/h25-30,33-42H,3-24,31-32H2,1-2H3/t35-,36-,37-,38-,39-,40-,41-,42-. The third kappa shape index (κ3) is 11.8. The van der Waals surface area contributed by atoms with Crippen molar-refractivity contribution in [2.45, 2.75) is 155 Å². The fraction of sp³-hybridized carbons (Fsp3) is 0.680. The summed E-state index contributed by atoms with van der Waals surface area (Å²) >= 11 is 0. The molecular weight excluding hydrogens is 693 g/mol. The molecule has 4 aliphatic rings. The van der Waals surface area contributed by atoms with Crippen molar-refractivity contribution in [1.29, 1.82) is 0 Å². The van der Waals surface area contributed by atoms with Crippen LogP contribution in [0.2, 0.25) is 0 Å². The van der Waals surface area contributed by atoms with E-state index in [2.05, 4.69) is 26.0 Å². The maximum absolute atomic E-state index is 14.5. The van der Waals surface area contributed by atoms with Gasteiger partial charge < -0.3 is 4.74 Å². The first-order valence-corrected chi connectivity index (χ1v) is 22.7. The van der Waals surface area contributed by atoms with E-state index in [0.717, 1.165) is 83.5 Å². The van der Waals surface area contributed by atoms with Crippen LogP contribution in [0.15, 0.2) is 48.6 Å². The molecule has 4 aliphatic carbocycles. The number of ether oxygens (including phenoxy) is 1. The summed E-state index contributed by atoms with van der Waals surface area (Å²) in [4.78, 5) is 0. The van der Waals surface area contributed by atoms with Crippen molar-refractivity contribution in [1.82, 2.24) is 0 Å². The lowest BCUT2D eigenvalue weighted by atomic mass is 9.67. The fourth-order valence-corrected chi connectivity index (χ4v) is 11.4. The number of rotatable bonds is 16. The first-order valence-electron chi connectivity index (χ1n) is 22.7. The highest BCUT2D eigenvalue weighted by atomic mass is 19.2. The predicted molar refractivity (Wildman–Crippen MR) is 220 cm³/mol. The van der Waals surface area contributed by atoms with Gasteiger partial charge in [-0.15, -0.1) is 0 Å². The quantitative estimate of drug-likeness (QED) is 0.122. The zero-order chi connectivity index (χ0) is 38.6. The third-order valence-electron chi connectivity index (χ3n) is 14.8. The molecule has 5 heteroatoms. The van der Waals surface area contributed by atoms with E-state index in [0.29, 0.717) is 25.0 Å². The number of allylic oxidation sites excluding steroid dienone is 2. The van der Waals surface area contributed by atoms with Gasteiger partial charge >= 0.3 is 0 Å². The smallest absolute Gasteiger partial charge is 0.159 e. The Hall–Kier alpha value is -2.40. The summed E-state index contributed by atoms with van der Waals surface area (Å²) in [5, 5.41) is 0. The Kier molecular flexibility index (Phi) is 16.4. The highest BCUT2D eigenvalue weighted by Gasteiger charge is 2.34. The van der Waals surface area contributed by atoms with E-state index in [4.69, 9.17) is 4.74 Å². The molecule has 2 aromatic rings. The topological polar surface area (TPSA) is 9.23 Å². The monoisotopic (exact) mass is 763 g/mol. The van der Waals surface area contributed by atoms with Crippen molar-refractivity contribution in [2.24, 2.45) is 47.3 Å². The van der Waals surface area contributed by atoms with Crippen LogP contribution in [0.5, 0.6) is 0 Å². The Bertz CT molecular complexity index is 1400. The molecule has 4 saturated carbocycles. The summed E-state index contributed by atoms with van der Waals surface area (Å²) in [7, 11) is 0. The number of benzene rings is 2. The molecule has 6 rings (SSSR count). The lowest BCUT2D eigenvalue weighted by molar-refractivity contribution is 0.152. The van der Waals surface area contributed by atoms with Crippen LogP contribution in [0, 0.1) is 70.6 Å². The van der Waals surface area contributed by atoms with E-state index < -0.39 is 23.3 Å². The van der Waals surface area contributed by atoms with Crippen molar-refractivity contribution >= 4 is 11.1 Å². The Balaban J connectivity index is 1.07. The average Bonchev–Trinajstić information content (AvgIpc) is 3.22. The summed E-state index contributed by atoms with van der Waals surface area (Å²) in [6, 6.07) is 8.60. The molecule has 0 heterocycles. The predicted octanol–water partition coefficient (Wildman–Crippen LogP) is 15.3. The Morgan fingerprint density at radius 3 is 1.16 bits per heavy atom. The normalized spacial score (nSPS) is 29.7. The van der Waals surface area contributed by atoms with Crippen LogP contribution in [-0.4, -0.2) is 13.2 Å². The summed E-state index contributed by atoms with van der Waals surface area (Å²) in [5.41, 5.74) is 3.60. The van der Waals surface area contributed by atoms with Crippen molar-refractivity contribution in [3.05, 3.63) is 82.9 Å². The highest BCUT2D eigenvalue weighted by Crippen LogP contribution is 2.47. The summed E-state index contributed by atoms with van der Waals surface area (Å²) in [6.45, 7) is 5.28. The van der Waals surface area contributed by atoms with E-state index in [9.17, 15) is 17.6 Å². The Labute approximate surface area is 331 Å². The van der Waals surface area contributed by atoms with Gasteiger partial charge in [-0.1, -0.05) is 102 Å². The van der Waals surface area contributed by atoms with Crippen LogP contribution in [0.3, 0.4) is 0 Å². The zero-order valence-corrected chi connectivity index (χ0v) is 34.1. The van der Waals surface area contributed by atoms with Gasteiger partial charge in [-0.05, 0) is 171 Å². The molecule has 0 bridgehead atoms. The van der Waals surface area contributed by atoms with Crippen molar-refractivity contribution < 1.29 is 22.3 Å². The van der Waals surface area contributed by atoms with Crippen molar-refractivity contribution in [2.75, 3.05) is 13.2 Å². The summed E-state index contributed by atoms with van der Waals surface area (Å²) < 4.78 is 63.4. The average molecular weight is 763 g/mol. The van der Waals surface area contributed by atoms with Crippen LogP contribution in [0.4, 0.5) is 17.6 Å². The van der Waals surface area contributed by atoms with Crippen molar-refractivity contribution in [3.8, 4) is 0 Å². The van der Waals surface area contributed by atoms with E-state index in [1.807, 2.05) is 0 Å². The van der Waals surface area contributed by atoms with Gasteiger partial charge in [-0.2, -0.15) is 0 Å². The second-order valence-electron chi connectivity index (χ2n) is 18.2. The maximum atomic E-state index is 14.5. The van der Waals surface area contributed by atoms with Gasteiger partial charge in [-0.25, -0.2) is 17.6 Å². The van der Waals surface area contributed by atoms with Crippen molar-refractivity contribution in [3.63, 3.8) is 0 Å². The summed E-state index contributed by atoms with van der Waals surface area (Å²) in [6.07, 6.45) is 32.3. The molecule has 0 atom stereocenters. The number of hydrogen-bond donors (Lipinski definition) is 0. The first kappa shape index (κ1) is 42.2. The molecule has 0 spiro atoms. The molecule has 55 heavy (non-hydrogen) atoms. The molecule has 0 aromatic heterocycles. The number of halogens is 4. The Morgan fingerprint density at radius 1 is 0.491 bits per heavy atom. The third-order valence-corrected chi connectivity index (χ3v) is 14.8. The molecule has 0 saturated heterocycles. The maximum Gasteiger partial charge on any atom is 0.159 e. The number of unbranched alkanes of at least 4 members (excludes halogenated alkanes) is 2. The molecule has 304 valence electrons. The highest BCUT2D eigenvalue weighted by molar-refractivity contribution is 5.68. The van der Waals surface area contributed by atoms with Gasteiger partial charge in [0.25, 0.3) is 0 Å². The molecule has 0 unspecified atom stereocenters.